The molecule has 0 unspecified atom stereocenters. The summed E-state index contributed by atoms with van der Waals surface area (Å²) in [6, 6.07) is -0.149. The summed E-state index contributed by atoms with van der Waals surface area (Å²) in [5.41, 5.74) is -0.392. The summed E-state index contributed by atoms with van der Waals surface area (Å²) < 4.78 is 1.74. The standard InChI is InChI=1S/C12H20N6O2S/c1-7(9(19)13-10(20)14-12(2,3)4)21-11-15-16-17-18(11)8-5-6-8/h7-8H,5-6H2,1-4H3,(H2,13,14,19,20)/t7-/m1/s1. The van der Waals surface area contributed by atoms with Crippen LogP contribution in [0.4, 0.5) is 4.79 Å². The molecule has 1 heterocycles. The fourth-order valence-electron chi connectivity index (χ4n) is 1.61. The maximum atomic E-state index is 12.0. The average molecular weight is 312 g/mol. The van der Waals surface area contributed by atoms with E-state index in [0.717, 1.165) is 12.8 Å². The molecular formula is C12H20N6O2S. The second-order valence-electron chi connectivity index (χ2n) is 6.09. The number of nitrogens with zero attached hydrogens (tertiary/aromatic N) is 4. The Morgan fingerprint density at radius 1 is 1.38 bits per heavy atom. The number of thioether (sulfide) groups is 1. The van der Waals surface area contributed by atoms with E-state index in [9.17, 15) is 9.59 Å². The molecule has 1 saturated carbocycles. The van der Waals surface area contributed by atoms with Gasteiger partial charge >= 0.3 is 6.03 Å². The summed E-state index contributed by atoms with van der Waals surface area (Å²) in [7, 11) is 0. The molecule has 9 heteroatoms. The Bertz CT molecular complexity index is 534. The number of hydrogen-bond donors (Lipinski definition) is 2. The lowest BCUT2D eigenvalue weighted by Gasteiger charge is -2.21. The first-order valence-corrected chi connectivity index (χ1v) is 7.72. The van der Waals surface area contributed by atoms with Crippen LogP contribution in [0.25, 0.3) is 0 Å². The van der Waals surface area contributed by atoms with Crippen molar-refractivity contribution >= 4 is 23.7 Å². The van der Waals surface area contributed by atoms with E-state index >= 15 is 0 Å². The van der Waals surface area contributed by atoms with Gasteiger partial charge in [-0.2, -0.15) is 0 Å². The van der Waals surface area contributed by atoms with Crippen LogP contribution in [0.2, 0.25) is 0 Å². The second-order valence-corrected chi connectivity index (χ2v) is 7.40. The minimum atomic E-state index is -0.498. The minimum Gasteiger partial charge on any atom is -0.333 e. The number of carbonyl (C=O) groups is 2. The number of tetrazole rings is 1. The van der Waals surface area contributed by atoms with Crippen LogP contribution in [0.1, 0.15) is 46.6 Å². The molecule has 0 saturated heterocycles. The van der Waals surface area contributed by atoms with Gasteiger partial charge in [0.15, 0.2) is 0 Å². The summed E-state index contributed by atoms with van der Waals surface area (Å²) in [6.45, 7) is 7.26. The van der Waals surface area contributed by atoms with Crippen LogP contribution in [-0.2, 0) is 4.79 Å². The number of carbonyl (C=O) groups excluding carboxylic acids is 2. The lowest BCUT2D eigenvalue weighted by Crippen LogP contribution is -2.49. The van der Waals surface area contributed by atoms with Crippen molar-refractivity contribution in [3.63, 3.8) is 0 Å². The highest BCUT2D eigenvalue weighted by Gasteiger charge is 2.29. The van der Waals surface area contributed by atoms with Gasteiger partial charge in [-0.15, -0.1) is 5.10 Å². The van der Waals surface area contributed by atoms with Gasteiger partial charge in [0, 0.05) is 5.54 Å². The van der Waals surface area contributed by atoms with Crippen molar-refractivity contribution in [3.8, 4) is 0 Å². The minimum absolute atomic E-state index is 0.349. The number of nitrogens with one attached hydrogen (secondary N) is 2. The van der Waals surface area contributed by atoms with Gasteiger partial charge in [0.1, 0.15) is 0 Å². The van der Waals surface area contributed by atoms with E-state index in [4.69, 9.17) is 0 Å². The summed E-state index contributed by atoms with van der Waals surface area (Å²) in [6.07, 6.45) is 2.13. The van der Waals surface area contributed by atoms with Crippen LogP contribution in [0.5, 0.6) is 0 Å². The molecular weight excluding hydrogens is 292 g/mol. The van der Waals surface area contributed by atoms with Gasteiger partial charge in [-0.25, -0.2) is 9.48 Å². The molecule has 1 aliphatic carbocycles. The lowest BCUT2D eigenvalue weighted by molar-refractivity contribution is -0.119. The Kier molecular flexibility index (Phi) is 4.50. The van der Waals surface area contributed by atoms with Crippen LogP contribution in [-0.4, -0.2) is 42.9 Å². The summed E-state index contributed by atoms with van der Waals surface area (Å²) in [5, 5.41) is 16.6. The van der Waals surface area contributed by atoms with Gasteiger partial charge in [0.2, 0.25) is 11.1 Å². The van der Waals surface area contributed by atoms with Crippen LogP contribution >= 0.6 is 11.8 Å². The van der Waals surface area contributed by atoms with Crippen LogP contribution in [0, 0.1) is 0 Å². The highest BCUT2D eigenvalue weighted by molar-refractivity contribution is 8.00. The lowest BCUT2D eigenvalue weighted by atomic mass is 10.1. The number of hydrogen-bond acceptors (Lipinski definition) is 6. The Morgan fingerprint density at radius 2 is 2.05 bits per heavy atom. The molecule has 21 heavy (non-hydrogen) atoms. The molecule has 0 aromatic carbocycles. The second kappa shape index (κ2) is 6.00. The van der Waals surface area contributed by atoms with Crippen molar-refractivity contribution in [2.75, 3.05) is 0 Å². The van der Waals surface area contributed by atoms with E-state index in [1.54, 1.807) is 11.6 Å². The molecule has 2 rings (SSSR count). The normalized spacial score (nSPS) is 16.4. The third-order valence-electron chi connectivity index (χ3n) is 2.73. The molecule has 0 aliphatic heterocycles. The smallest absolute Gasteiger partial charge is 0.321 e. The fraction of sp³-hybridized carbons (Fsp3) is 0.750. The van der Waals surface area contributed by atoms with Crippen molar-refractivity contribution in [2.24, 2.45) is 0 Å². The van der Waals surface area contributed by atoms with Crippen LogP contribution < -0.4 is 10.6 Å². The first kappa shape index (κ1) is 15.7. The third kappa shape index (κ3) is 4.69. The molecule has 8 nitrogen and oxygen atoms in total. The van der Waals surface area contributed by atoms with Gasteiger partial charge in [-0.05, 0) is 51.0 Å². The third-order valence-corrected chi connectivity index (χ3v) is 3.78. The number of amides is 3. The average Bonchev–Trinajstić information content (AvgIpc) is 3.07. The van der Waals surface area contributed by atoms with Crippen LogP contribution in [0.15, 0.2) is 5.16 Å². The summed E-state index contributed by atoms with van der Waals surface area (Å²) >= 11 is 1.25. The molecule has 3 amide bonds. The fourth-order valence-corrected chi connectivity index (χ4v) is 2.47. The van der Waals surface area contributed by atoms with Crippen molar-refractivity contribution in [1.82, 2.24) is 30.8 Å². The number of urea groups is 1. The van der Waals surface area contributed by atoms with Crippen molar-refractivity contribution < 1.29 is 9.59 Å². The Balaban J connectivity index is 1.87. The van der Waals surface area contributed by atoms with Gasteiger partial charge in [0.25, 0.3) is 0 Å². The maximum absolute atomic E-state index is 12.0. The quantitative estimate of drug-likeness (QED) is 0.808. The molecule has 0 radical (unpaired) electrons. The topological polar surface area (TPSA) is 102 Å². The monoisotopic (exact) mass is 312 g/mol. The molecule has 0 spiro atoms. The predicted molar refractivity (Wildman–Crippen MR) is 77.8 cm³/mol. The zero-order valence-corrected chi connectivity index (χ0v) is 13.4. The first-order valence-electron chi connectivity index (χ1n) is 6.84. The highest BCUT2D eigenvalue weighted by atomic mass is 32.2. The van der Waals surface area contributed by atoms with Gasteiger partial charge in [-0.3, -0.25) is 10.1 Å². The molecule has 0 bridgehead atoms. The van der Waals surface area contributed by atoms with Gasteiger partial charge < -0.3 is 5.32 Å². The van der Waals surface area contributed by atoms with Crippen molar-refractivity contribution in [2.45, 2.75) is 62.5 Å². The highest BCUT2D eigenvalue weighted by Crippen LogP contribution is 2.37. The van der Waals surface area contributed by atoms with E-state index in [1.807, 2.05) is 20.8 Å². The predicted octanol–water partition coefficient (Wildman–Crippen LogP) is 1.11. The van der Waals surface area contributed by atoms with Crippen molar-refractivity contribution in [3.05, 3.63) is 0 Å². The van der Waals surface area contributed by atoms with Gasteiger partial charge in [0.05, 0.1) is 11.3 Å². The Hall–Kier alpha value is -1.64. The molecule has 1 aliphatic rings. The molecule has 1 aromatic heterocycles. The summed E-state index contributed by atoms with van der Waals surface area (Å²) in [4.78, 5) is 23.7. The van der Waals surface area contributed by atoms with Gasteiger partial charge in [-0.1, -0.05) is 11.8 Å². The van der Waals surface area contributed by atoms with E-state index in [2.05, 4.69) is 26.2 Å². The molecule has 1 fully saturated rings. The first-order chi connectivity index (χ1) is 9.76. The zero-order valence-electron chi connectivity index (χ0n) is 12.6. The zero-order chi connectivity index (χ0) is 15.6. The molecule has 2 N–H and O–H groups in total. The Labute approximate surface area is 127 Å². The van der Waals surface area contributed by atoms with E-state index < -0.39 is 16.8 Å². The molecule has 1 atom stereocenters. The van der Waals surface area contributed by atoms with Crippen molar-refractivity contribution in [1.29, 1.82) is 0 Å². The van der Waals surface area contributed by atoms with E-state index in [0.29, 0.717) is 11.2 Å². The SMILES string of the molecule is C[C@@H](Sc1nnnn1C1CC1)C(=O)NC(=O)NC(C)(C)C. The van der Waals surface area contributed by atoms with Crippen LogP contribution in [0.3, 0.4) is 0 Å². The number of aromatic nitrogens is 4. The molecule has 1 aromatic rings. The van der Waals surface area contributed by atoms with E-state index in [1.165, 1.54) is 11.8 Å². The summed E-state index contributed by atoms with van der Waals surface area (Å²) in [5.74, 6) is -0.368. The number of rotatable bonds is 4. The number of imide groups is 1. The van der Waals surface area contributed by atoms with E-state index in [-0.39, 0.29) is 5.91 Å². The Morgan fingerprint density at radius 3 is 2.62 bits per heavy atom. The maximum Gasteiger partial charge on any atom is 0.321 e. The molecule has 116 valence electrons. The largest absolute Gasteiger partial charge is 0.333 e.